The van der Waals surface area contributed by atoms with E-state index in [0.717, 1.165) is 5.56 Å². The molecule has 0 spiro atoms. The second kappa shape index (κ2) is 2.85. The van der Waals surface area contributed by atoms with Gasteiger partial charge in [0.2, 0.25) is 0 Å². The van der Waals surface area contributed by atoms with Crippen molar-refractivity contribution in [3.63, 3.8) is 0 Å². The first kappa shape index (κ1) is 5.27. The van der Waals surface area contributed by atoms with Gasteiger partial charge in [-0.1, -0.05) is 23.7 Å². The van der Waals surface area contributed by atoms with Crippen LogP contribution in [0.3, 0.4) is 0 Å². The van der Waals surface area contributed by atoms with E-state index in [4.69, 9.17) is 18.7 Å². The van der Waals surface area contributed by atoms with Crippen LogP contribution in [0.25, 0.3) is 0 Å². The molecular weight excluding hydrogens is 134 g/mol. The van der Waals surface area contributed by atoms with Crippen molar-refractivity contribution in [3.05, 3.63) is 34.9 Å². The summed E-state index contributed by atoms with van der Waals surface area (Å²) in [5, 5.41) is 0.625. The quantitative estimate of drug-likeness (QED) is 0.636. The van der Waals surface area contributed by atoms with E-state index >= 15 is 0 Å². The van der Waals surface area contributed by atoms with Crippen molar-refractivity contribution in [2.24, 2.45) is 5.73 Å². The highest BCUT2D eigenvalue weighted by molar-refractivity contribution is 6.30. The Morgan fingerprint density at radius 3 is 2.89 bits per heavy atom. The molecule has 0 aliphatic rings. The number of hydrogen-bond acceptors (Lipinski definition) is 1. The number of benzene rings is 1. The van der Waals surface area contributed by atoms with Gasteiger partial charge in [0.1, 0.15) is 0 Å². The zero-order valence-corrected chi connectivity index (χ0v) is 5.60. The largest absolute Gasteiger partial charge is 0.326 e. The lowest BCUT2D eigenvalue weighted by atomic mass is 10.2. The minimum absolute atomic E-state index is 0.625. The third-order valence-corrected chi connectivity index (χ3v) is 1.28. The summed E-state index contributed by atoms with van der Waals surface area (Å²) in [6.45, 7) is -0.682. The molecule has 1 nitrogen and oxygen atoms in total. The minimum Gasteiger partial charge on any atom is -0.326 e. The van der Waals surface area contributed by atoms with Crippen LogP contribution in [0, 0.1) is 0 Å². The molecule has 0 aliphatic carbocycles. The molecular formula is C7H8ClN. The van der Waals surface area contributed by atoms with E-state index in [1.165, 1.54) is 0 Å². The highest BCUT2D eigenvalue weighted by Gasteiger charge is 1.87. The highest BCUT2D eigenvalue weighted by Crippen LogP contribution is 2.09. The summed E-state index contributed by atoms with van der Waals surface area (Å²) in [6.07, 6.45) is 0. The predicted octanol–water partition coefficient (Wildman–Crippen LogP) is 1.80. The van der Waals surface area contributed by atoms with Gasteiger partial charge in [0.05, 0.1) is 0 Å². The number of hydrogen-bond donors (Lipinski definition) is 1. The van der Waals surface area contributed by atoms with Crippen LogP contribution in [0.2, 0.25) is 5.02 Å². The van der Waals surface area contributed by atoms with E-state index in [0.29, 0.717) is 5.02 Å². The Hall–Kier alpha value is -0.530. The molecule has 0 aromatic heterocycles. The summed E-state index contributed by atoms with van der Waals surface area (Å²) >= 11 is 5.65. The van der Waals surface area contributed by atoms with Gasteiger partial charge in [0.25, 0.3) is 0 Å². The fraction of sp³-hybridized carbons (Fsp3) is 0.143. The Morgan fingerprint density at radius 2 is 2.44 bits per heavy atom. The van der Waals surface area contributed by atoms with Crippen molar-refractivity contribution in [2.75, 3.05) is 0 Å². The SMILES string of the molecule is [2H][C@@H](N)c1cccc(Cl)c1. The van der Waals surface area contributed by atoms with Crippen molar-refractivity contribution in [2.45, 2.75) is 6.52 Å². The van der Waals surface area contributed by atoms with E-state index in [-0.39, 0.29) is 0 Å². The minimum atomic E-state index is -0.682. The van der Waals surface area contributed by atoms with Crippen LogP contribution in [0.1, 0.15) is 6.93 Å². The summed E-state index contributed by atoms with van der Waals surface area (Å²) in [4.78, 5) is 0. The molecule has 0 aliphatic heterocycles. The van der Waals surface area contributed by atoms with Gasteiger partial charge >= 0.3 is 0 Å². The second-order valence-corrected chi connectivity index (χ2v) is 2.16. The zero-order chi connectivity index (χ0) is 7.56. The first-order chi connectivity index (χ1) is 4.70. The summed E-state index contributed by atoms with van der Waals surface area (Å²) in [7, 11) is 0. The average molecular weight is 143 g/mol. The van der Waals surface area contributed by atoms with Crippen LogP contribution >= 0.6 is 11.6 Å². The molecule has 2 heteroatoms. The topological polar surface area (TPSA) is 26.0 Å². The number of rotatable bonds is 1. The van der Waals surface area contributed by atoms with Crippen molar-refractivity contribution in [3.8, 4) is 0 Å². The van der Waals surface area contributed by atoms with Gasteiger partial charge in [-0.3, -0.25) is 0 Å². The van der Waals surface area contributed by atoms with E-state index in [1.54, 1.807) is 24.3 Å². The van der Waals surface area contributed by atoms with Gasteiger partial charge in [-0.25, -0.2) is 0 Å². The normalized spacial score (nSPS) is 14.7. The van der Waals surface area contributed by atoms with Crippen molar-refractivity contribution >= 4 is 11.6 Å². The lowest BCUT2D eigenvalue weighted by molar-refractivity contribution is 1.07. The van der Waals surface area contributed by atoms with Crippen LogP contribution in [-0.4, -0.2) is 0 Å². The molecule has 0 fully saturated rings. The van der Waals surface area contributed by atoms with Gasteiger partial charge in [-0.15, -0.1) is 0 Å². The molecule has 1 aromatic rings. The molecule has 0 saturated carbocycles. The van der Waals surface area contributed by atoms with Gasteiger partial charge < -0.3 is 5.73 Å². The Labute approximate surface area is 60.8 Å². The summed E-state index contributed by atoms with van der Waals surface area (Å²) < 4.78 is 7.13. The summed E-state index contributed by atoms with van der Waals surface area (Å²) in [5.41, 5.74) is 6.03. The number of halogens is 1. The molecule has 0 radical (unpaired) electrons. The Bertz CT molecular complexity index is 225. The zero-order valence-electron chi connectivity index (χ0n) is 5.84. The van der Waals surface area contributed by atoms with Crippen molar-refractivity contribution in [1.29, 1.82) is 0 Å². The van der Waals surface area contributed by atoms with Crippen LogP contribution in [0.4, 0.5) is 0 Å². The Kier molecular flexibility index (Phi) is 1.67. The summed E-state index contributed by atoms with van der Waals surface area (Å²) in [6, 6.07) is 7.02. The van der Waals surface area contributed by atoms with E-state index < -0.39 is 6.52 Å². The Morgan fingerprint density at radius 1 is 1.67 bits per heavy atom. The molecule has 1 atom stereocenters. The smallest absolute Gasteiger partial charge is 0.0477 e. The Balaban J connectivity index is 2.96. The van der Waals surface area contributed by atoms with Gasteiger partial charge in [0.15, 0.2) is 0 Å². The van der Waals surface area contributed by atoms with Gasteiger partial charge in [0, 0.05) is 12.9 Å². The first-order valence-corrected chi connectivity index (χ1v) is 3.01. The van der Waals surface area contributed by atoms with Crippen LogP contribution in [0.15, 0.2) is 24.3 Å². The molecule has 2 N–H and O–H groups in total. The highest BCUT2D eigenvalue weighted by atomic mass is 35.5. The van der Waals surface area contributed by atoms with Crippen LogP contribution in [0.5, 0.6) is 0 Å². The van der Waals surface area contributed by atoms with Crippen molar-refractivity contribution in [1.82, 2.24) is 0 Å². The molecule has 0 unspecified atom stereocenters. The van der Waals surface area contributed by atoms with Gasteiger partial charge in [-0.05, 0) is 17.7 Å². The molecule has 0 heterocycles. The lowest BCUT2D eigenvalue weighted by Gasteiger charge is -1.93. The third-order valence-electron chi connectivity index (χ3n) is 1.04. The fourth-order valence-corrected chi connectivity index (χ4v) is 0.809. The fourth-order valence-electron chi connectivity index (χ4n) is 0.610. The number of nitrogens with two attached hydrogens (primary N) is 1. The van der Waals surface area contributed by atoms with Crippen LogP contribution in [-0.2, 0) is 6.52 Å². The first-order valence-electron chi connectivity index (χ1n) is 3.21. The van der Waals surface area contributed by atoms with Crippen molar-refractivity contribution < 1.29 is 1.37 Å². The predicted molar refractivity (Wildman–Crippen MR) is 39.3 cm³/mol. The van der Waals surface area contributed by atoms with E-state index in [9.17, 15) is 0 Å². The average Bonchev–Trinajstić information content (AvgIpc) is 1.88. The van der Waals surface area contributed by atoms with E-state index in [2.05, 4.69) is 0 Å². The van der Waals surface area contributed by atoms with Gasteiger partial charge in [-0.2, -0.15) is 0 Å². The molecule has 48 valence electrons. The van der Waals surface area contributed by atoms with Crippen LogP contribution < -0.4 is 5.73 Å². The maximum atomic E-state index is 7.13. The molecule has 1 rings (SSSR count). The third kappa shape index (κ3) is 1.70. The van der Waals surface area contributed by atoms with E-state index in [1.807, 2.05) is 0 Å². The maximum Gasteiger partial charge on any atom is 0.0477 e. The molecule has 0 saturated heterocycles. The molecule has 0 bridgehead atoms. The lowest BCUT2D eigenvalue weighted by Crippen LogP contribution is -1.94. The second-order valence-electron chi connectivity index (χ2n) is 1.72. The molecule has 0 amide bonds. The standard InChI is InChI=1S/C7H8ClN/c8-7-3-1-2-6(4-7)5-9/h1-4H,5,9H2/i5D/t5-/m1/s1. The molecule has 9 heavy (non-hydrogen) atoms. The maximum absolute atomic E-state index is 7.13. The molecule has 1 aromatic carbocycles. The summed E-state index contributed by atoms with van der Waals surface area (Å²) in [5.74, 6) is 0. The monoisotopic (exact) mass is 142 g/mol.